The third kappa shape index (κ3) is 6.14. The number of sulfonamides is 1. The maximum absolute atomic E-state index is 12.1. The summed E-state index contributed by atoms with van der Waals surface area (Å²) in [5.41, 5.74) is 1.24. The average Bonchev–Trinajstić information content (AvgIpc) is 2.38. The van der Waals surface area contributed by atoms with Crippen LogP contribution < -0.4 is 15.4 Å². The summed E-state index contributed by atoms with van der Waals surface area (Å²) < 4.78 is 25.4. The van der Waals surface area contributed by atoms with Gasteiger partial charge in [-0.3, -0.25) is 4.79 Å². The molecule has 0 heterocycles. The molecule has 0 aliphatic rings. The molecular weight excluding hydrogens is 290 g/mol. The molecule has 7 heteroatoms. The lowest BCUT2D eigenvalue weighted by atomic mass is 10.1. The van der Waals surface area contributed by atoms with Gasteiger partial charge in [0.25, 0.3) is 5.91 Å². The molecule has 0 aromatic heterocycles. The van der Waals surface area contributed by atoms with Crippen LogP contribution in [0.4, 0.5) is 5.69 Å². The van der Waals surface area contributed by atoms with Gasteiger partial charge < -0.3 is 10.6 Å². The minimum Gasteiger partial charge on any atom is -0.382 e. The fourth-order valence-corrected chi connectivity index (χ4v) is 2.76. The van der Waals surface area contributed by atoms with E-state index in [1.165, 1.54) is 0 Å². The van der Waals surface area contributed by atoms with Gasteiger partial charge in [0, 0.05) is 24.8 Å². The molecule has 118 valence electrons. The summed E-state index contributed by atoms with van der Waals surface area (Å²) in [7, 11) is -3.32. The number of carbonyl (C=O) groups excluding carboxylic acids is 1. The standard InChI is InChI=1S/C14H23N3O3S/c1-4-16-21(19,20)10-9-15-14(18)12-7-5-6-8-13(12)17-11(2)3/h5-8,11,16-17H,4,9-10H2,1-3H3,(H,15,18). The Morgan fingerprint density at radius 3 is 2.52 bits per heavy atom. The maximum atomic E-state index is 12.1. The predicted molar refractivity (Wildman–Crippen MR) is 85.0 cm³/mol. The van der Waals surface area contributed by atoms with Crippen molar-refractivity contribution in [3.05, 3.63) is 29.8 Å². The van der Waals surface area contributed by atoms with Crippen molar-refractivity contribution in [3.8, 4) is 0 Å². The van der Waals surface area contributed by atoms with E-state index >= 15 is 0 Å². The molecule has 1 aromatic carbocycles. The number of rotatable bonds is 8. The third-order valence-electron chi connectivity index (χ3n) is 2.64. The van der Waals surface area contributed by atoms with Crippen LogP contribution in [0.3, 0.4) is 0 Å². The van der Waals surface area contributed by atoms with E-state index in [2.05, 4.69) is 15.4 Å². The molecule has 0 aliphatic carbocycles. The number of para-hydroxylation sites is 1. The molecule has 0 radical (unpaired) electrons. The van der Waals surface area contributed by atoms with Crippen molar-refractivity contribution in [2.45, 2.75) is 26.8 Å². The summed E-state index contributed by atoms with van der Waals surface area (Å²) in [6.45, 7) is 6.10. The van der Waals surface area contributed by atoms with E-state index in [0.717, 1.165) is 5.69 Å². The van der Waals surface area contributed by atoms with Gasteiger partial charge in [0.2, 0.25) is 10.0 Å². The Morgan fingerprint density at radius 1 is 1.24 bits per heavy atom. The van der Waals surface area contributed by atoms with Gasteiger partial charge in [-0.05, 0) is 26.0 Å². The highest BCUT2D eigenvalue weighted by Gasteiger charge is 2.13. The quantitative estimate of drug-likeness (QED) is 0.672. The van der Waals surface area contributed by atoms with E-state index in [-0.39, 0.29) is 24.2 Å². The summed E-state index contributed by atoms with van der Waals surface area (Å²) >= 11 is 0. The minimum absolute atomic E-state index is 0.0736. The van der Waals surface area contributed by atoms with Gasteiger partial charge in [-0.2, -0.15) is 0 Å². The van der Waals surface area contributed by atoms with E-state index in [0.29, 0.717) is 12.1 Å². The molecule has 0 atom stereocenters. The molecule has 6 nitrogen and oxygen atoms in total. The fourth-order valence-electron chi connectivity index (χ4n) is 1.80. The Bertz CT molecular complexity index is 571. The first-order valence-electron chi connectivity index (χ1n) is 6.97. The lowest BCUT2D eigenvalue weighted by Crippen LogP contribution is -2.34. The second kappa shape index (κ2) is 7.99. The maximum Gasteiger partial charge on any atom is 0.253 e. The Kier molecular flexibility index (Phi) is 6.64. The van der Waals surface area contributed by atoms with E-state index < -0.39 is 10.0 Å². The van der Waals surface area contributed by atoms with Crippen molar-refractivity contribution in [1.29, 1.82) is 0 Å². The molecule has 0 unspecified atom stereocenters. The van der Waals surface area contributed by atoms with Crippen LogP contribution in [0, 0.1) is 0 Å². The number of hydrogen-bond donors (Lipinski definition) is 3. The lowest BCUT2D eigenvalue weighted by molar-refractivity contribution is 0.0957. The highest BCUT2D eigenvalue weighted by Crippen LogP contribution is 2.15. The molecule has 0 saturated heterocycles. The van der Waals surface area contributed by atoms with Crippen molar-refractivity contribution < 1.29 is 13.2 Å². The molecule has 1 rings (SSSR count). The first-order valence-corrected chi connectivity index (χ1v) is 8.62. The Balaban J connectivity index is 2.64. The molecular formula is C14H23N3O3S. The number of benzene rings is 1. The average molecular weight is 313 g/mol. The first kappa shape index (κ1) is 17.5. The van der Waals surface area contributed by atoms with Crippen LogP contribution in [0.15, 0.2) is 24.3 Å². The van der Waals surface area contributed by atoms with E-state index in [1.54, 1.807) is 19.1 Å². The first-order chi connectivity index (χ1) is 9.85. The minimum atomic E-state index is -3.32. The van der Waals surface area contributed by atoms with Crippen molar-refractivity contribution >= 4 is 21.6 Å². The molecule has 0 aliphatic heterocycles. The van der Waals surface area contributed by atoms with Gasteiger partial charge in [-0.15, -0.1) is 0 Å². The van der Waals surface area contributed by atoms with Gasteiger partial charge in [0.05, 0.1) is 11.3 Å². The zero-order valence-electron chi connectivity index (χ0n) is 12.6. The van der Waals surface area contributed by atoms with Crippen LogP contribution in [-0.2, 0) is 10.0 Å². The van der Waals surface area contributed by atoms with Crippen molar-refractivity contribution in [2.24, 2.45) is 0 Å². The smallest absolute Gasteiger partial charge is 0.253 e. The Morgan fingerprint density at radius 2 is 1.90 bits per heavy atom. The third-order valence-corrected chi connectivity index (χ3v) is 4.11. The summed E-state index contributed by atoms with van der Waals surface area (Å²) in [6, 6.07) is 7.35. The molecule has 0 bridgehead atoms. The Hall–Kier alpha value is -1.60. The van der Waals surface area contributed by atoms with Crippen molar-refractivity contribution in [2.75, 3.05) is 24.2 Å². The number of anilines is 1. The molecule has 3 N–H and O–H groups in total. The molecule has 0 fully saturated rings. The topological polar surface area (TPSA) is 87.3 Å². The normalized spacial score (nSPS) is 11.4. The van der Waals surface area contributed by atoms with Crippen LogP contribution in [0.25, 0.3) is 0 Å². The van der Waals surface area contributed by atoms with Gasteiger partial charge >= 0.3 is 0 Å². The van der Waals surface area contributed by atoms with Crippen LogP contribution in [-0.4, -0.2) is 39.2 Å². The van der Waals surface area contributed by atoms with E-state index in [4.69, 9.17) is 0 Å². The van der Waals surface area contributed by atoms with Crippen LogP contribution in [0.2, 0.25) is 0 Å². The monoisotopic (exact) mass is 313 g/mol. The zero-order valence-corrected chi connectivity index (χ0v) is 13.5. The molecule has 0 saturated carbocycles. The number of hydrogen-bond acceptors (Lipinski definition) is 4. The summed E-state index contributed by atoms with van der Waals surface area (Å²) in [6.07, 6.45) is 0. The van der Waals surface area contributed by atoms with Gasteiger partial charge in [-0.1, -0.05) is 19.1 Å². The van der Waals surface area contributed by atoms with Crippen molar-refractivity contribution in [3.63, 3.8) is 0 Å². The second-order valence-electron chi connectivity index (χ2n) is 4.92. The summed E-state index contributed by atoms with van der Waals surface area (Å²) in [4.78, 5) is 12.1. The second-order valence-corrected chi connectivity index (χ2v) is 6.84. The van der Waals surface area contributed by atoms with E-state index in [9.17, 15) is 13.2 Å². The summed E-state index contributed by atoms with van der Waals surface area (Å²) in [5, 5.41) is 5.82. The molecule has 1 aromatic rings. The van der Waals surface area contributed by atoms with Gasteiger partial charge in [0.15, 0.2) is 0 Å². The van der Waals surface area contributed by atoms with Crippen LogP contribution >= 0.6 is 0 Å². The van der Waals surface area contributed by atoms with Gasteiger partial charge in [-0.25, -0.2) is 13.1 Å². The fraction of sp³-hybridized carbons (Fsp3) is 0.500. The van der Waals surface area contributed by atoms with Gasteiger partial charge in [0.1, 0.15) is 0 Å². The molecule has 0 spiro atoms. The number of amides is 1. The highest BCUT2D eigenvalue weighted by molar-refractivity contribution is 7.89. The number of carbonyl (C=O) groups is 1. The molecule has 1 amide bonds. The van der Waals surface area contributed by atoms with Crippen LogP contribution in [0.5, 0.6) is 0 Å². The summed E-state index contributed by atoms with van der Waals surface area (Å²) in [5.74, 6) is -0.419. The highest BCUT2D eigenvalue weighted by atomic mass is 32.2. The predicted octanol–water partition coefficient (Wildman–Crippen LogP) is 1.18. The number of nitrogens with one attached hydrogen (secondary N) is 3. The SMILES string of the molecule is CCNS(=O)(=O)CCNC(=O)c1ccccc1NC(C)C. The van der Waals surface area contributed by atoms with E-state index in [1.807, 2.05) is 26.0 Å². The largest absolute Gasteiger partial charge is 0.382 e. The van der Waals surface area contributed by atoms with Crippen molar-refractivity contribution in [1.82, 2.24) is 10.0 Å². The lowest BCUT2D eigenvalue weighted by Gasteiger charge is -2.14. The molecule has 21 heavy (non-hydrogen) atoms. The van der Waals surface area contributed by atoms with Crippen LogP contribution in [0.1, 0.15) is 31.1 Å². The Labute approximate surface area is 126 Å². The zero-order chi connectivity index (χ0) is 15.9.